The molecule has 1 fully saturated rings. The lowest BCUT2D eigenvalue weighted by Gasteiger charge is -2.35. The molecular formula is C29H29N5O3S. The zero-order valence-corrected chi connectivity index (χ0v) is 22.3. The maximum absolute atomic E-state index is 13.1. The number of aryl methyl sites for hydroxylation is 2. The van der Waals surface area contributed by atoms with Crippen molar-refractivity contribution in [2.24, 2.45) is 0 Å². The van der Waals surface area contributed by atoms with Crippen molar-refractivity contribution in [1.29, 1.82) is 0 Å². The van der Waals surface area contributed by atoms with Crippen LogP contribution in [0.5, 0.6) is 0 Å². The lowest BCUT2D eigenvalue weighted by atomic mass is 9.94. The van der Waals surface area contributed by atoms with E-state index in [1.165, 1.54) is 27.4 Å². The third-order valence-corrected chi connectivity index (χ3v) is 8.51. The Morgan fingerprint density at radius 3 is 2.21 bits per heavy atom. The SMILES string of the molecule is Cc1cc2nc(NC(=O)CN3CCN(CCN4C(=O)c5cccc6cccc(c56)C4=O)CC3)sc2cc1C. The number of anilines is 1. The van der Waals surface area contributed by atoms with E-state index in [0.29, 0.717) is 35.9 Å². The van der Waals surface area contributed by atoms with Crippen molar-refractivity contribution in [2.75, 3.05) is 51.1 Å². The second-order valence-electron chi connectivity index (χ2n) is 10.1. The molecule has 8 nitrogen and oxygen atoms in total. The second kappa shape index (κ2) is 9.90. The van der Waals surface area contributed by atoms with Gasteiger partial charge in [-0.15, -0.1) is 0 Å². The van der Waals surface area contributed by atoms with Crippen molar-refractivity contribution in [3.05, 3.63) is 70.8 Å². The Labute approximate surface area is 224 Å². The zero-order chi connectivity index (χ0) is 26.4. The molecule has 9 heteroatoms. The van der Waals surface area contributed by atoms with Crippen LogP contribution in [0, 0.1) is 13.8 Å². The number of carbonyl (C=O) groups excluding carboxylic acids is 3. The predicted octanol–water partition coefficient (Wildman–Crippen LogP) is 3.92. The highest BCUT2D eigenvalue weighted by molar-refractivity contribution is 7.22. The summed E-state index contributed by atoms with van der Waals surface area (Å²) in [6.07, 6.45) is 0. The first-order valence-corrected chi connectivity index (χ1v) is 13.7. The van der Waals surface area contributed by atoms with E-state index in [4.69, 9.17) is 0 Å². The average molecular weight is 528 g/mol. The molecule has 3 aromatic carbocycles. The molecular weight excluding hydrogens is 498 g/mol. The molecule has 4 aromatic rings. The Morgan fingerprint density at radius 1 is 0.895 bits per heavy atom. The predicted molar refractivity (Wildman–Crippen MR) is 150 cm³/mol. The van der Waals surface area contributed by atoms with E-state index >= 15 is 0 Å². The van der Waals surface area contributed by atoms with Crippen LogP contribution in [0.3, 0.4) is 0 Å². The van der Waals surface area contributed by atoms with Crippen molar-refractivity contribution in [2.45, 2.75) is 13.8 Å². The van der Waals surface area contributed by atoms with Crippen LogP contribution in [-0.2, 0) is 4.79 Å². The van der Waals surface area contributed by atoms with E-state index in [9.17, 15) is 14.4 Å². The number of rotatable bonds is 6. The molecule has 2 aliphatic heterocycles. The Hall–Kier alpha value is -3.66. The minimum atomic E-state index is -0.227. The molecule has 3 heterocycles. The van der Waals surface area contributed by atoms with Gasteiger partial charge in [0.15, 0.2) is 5.13 Å². The topological polar surface area (TPSA) is 85.8 Å². The number of hydrogen-bond acceptors (Lipinski definition) is 7. The van der Waals surface area contributed by atoms with Gasteiger partial charge >= 0.3 is 0 Å². The first-order chi connectivity index (χ1) is 18.4. The molecule has 6 rings (SSSR count). The van der Waals surface area contributed by atoms with E-state index in [-0.39, 0.29) is 17.7 Å². The normalized spacial score (nSPS) is 16.5. The number of nitrogens with one attached hydrogen (secondary N) is 1. The van der Waals surface area contributed by atoms with Gasteiger partial charge in [-0.1, -0.05) is 35.6 Å². The molecule has 1 N–H and O–H groups in total. The number of aromatic nitrogens is 1. The summed E-state index contributed by atoms with van der Waals surface area (Å²) in [4.78, 5) is 49.2. The molecule has 0 unspecified atom stereocenters. The number of hydrogen-bond donors (Lipinski definition) is 1. The number of thiazole rings is 1. The summed E-state index contributed by atoms with van der Waals surface area (Å²) >= 11 is 1.50. The van der Waals surface area contributed by atoms with Gasteiger partial charge in [0, 0.05) is 55.8 Å². The molecule has 1 saturated heterocycles. The Kier molecular flexibility index (Phi) is 6.43. The van der Waals surface area contributed by atoms with Crippen LogP contribution in [0.2, 0.25) is 0 Å². The minimum absolute atomic E-state index is 0.0664. The van der Waals surface area contributed by atoms with Crippen LogP contribution in [0.25, 0.3) is 21.0 Å². The minimum Gasteiger partial charge on any atom is -0.301 e. The summed E-state index contributed by atoms with van der Waals surface area (Å²) in [6.45, 7) is 8.45. The molecule has 0 atom stereocenters. The molecule has 38 heavy (non-hydrogen) atoms. The number of carbonyl (C=O) groups is 3. The van der Waals surface area contributed by atoms with Gasteiger partial charge in [0.25, 0.3) is 11.8 Å². The van der Waals surface area contributed by atoms with Crippen molar-refractivity contribution >= 4 is 55.2 Å². The van der Waals surface area contributed by atoms with Crippen LogP contribution in [0.1, 0.15) is 31.8 Å². The van der Waals surface area contributed by atoms with Gasteiger partial charge in [0.1, 0.15) is 0 Å². The highest BCUT2D eigenvalue weighted by Gasteiger charge is 2.33. The van der Waals surface area contributed by atoms with Crippen LogP contribution in [-0.4, -0.2) is 83.2 Å². The van der Waals surface area contributed by atoms with Crippen molar-refractivity contribution in [3.63, 3.8) is 0 Å². The average Bonchev–Trinajstić information content (AvgIpc) is 3.28. The molecule has 0 radical (unpaired) electrons. The first-order valence-electron chi connectivity index (χ1n) is 12.9. The van der Waals surface area contributed by atoms with Gasteiger partial charge in [0.05, 0.1) is 16.8 Å². The largest absolute Gasteiger partial charge is 0.301 e. The van der Waals surface area contributed by atoms with Crippen LogP contribution in [0.15, 0.2) is 48.5 Å². The number of piperazine rings is 1. The molecule has 0 bridgehead atoms. The van der Waals surface area contributed by atoms with Crippen LogP contribution >= 0.6 is 11.3 Å². The summed E-state index contributed by atoms with van der Waals surface area (Å²) < 4.78 is 1.07. The Bertz CT molecular complexity index is 1500. The molecule has 1 aromatic heterocycles. The highest BCUT2D eigenvalue weighted by Crippen LogP contribution is 2.30. The molecule has 0 aliphatic carbocycles. The van der Waals surface area contributed by atoms with Crippen molar-refractivity contribution < 1.29 is 14.4 Å². The van der Waals surface area contributed by atoms with Gasteiger partial charge in [-0.25, -0.2) is 4.98 Å². The fourth-order valence-electron chi connectivity index (χ4n) is 5.29. The van der Waals surface area contributed by atoms with E-state index in [0.717, 1.165) is 47.2 Å². The van der Waals surface area contributed by atoms with Gasteiger partial charge in [-0.2, -0.15) is 0 Å². The number of amides is 3. The van der Waals surface area contributed by atoms with E-state index in [1.54, 1.807) is 12.1 Å². The number of nitrogens with zero attached hydrogens (tertiary/aromatic N) is 4. The summed E-state index contributed by atoms with van der Waals surface area (Å²) in [7, 11) is 0. The summed E-state index contributed by atoms with van der Waals surface area (Å²) in [5, 5.41) is 5.25. The summed E-state index contributed by atoms with van der Waals surface area (Å²) in [5.41, 5.74) is 4.49. The highest BCUT2D eigenvalue weighted by atomic mass is 32.1. The van der Waals surface area contributed by atoms with Crippen molar-refractivity contribution in [1.82, 2.24) is 19.7 Å². The zero-order valence-electron chi connectivity index (χ0n) is 21.5. The van der Waals surface area contributed by atoms with E-state index in [2.05, 4.69) is 46.1 Å². The third kappa shape index (κ3) is 4.57. The second-order valence-corrected chi connectivity index (χ2v) is 11.1. The number of fused-ring (bicyclic) bond motifs is 1. The number of benzene rings is 3. The van der Waals surface area contributed by atoms with Gasteiger partial charge in [0.2, 0.25) is 5.91 Å². The third-order valence-electron chi connectivity index (χ3n) is 7.58. The smallest absolute Gasteiger partial charge is 0.261 e. The lowest BCUT2D eigenvalue weighted by molar-refractivity contribution is -0.117. The maximum Gasteiger partial charge on any atom is 0.261 e. The fourth-order valence-corrected chi connectivity index (χ4v) is 6.25. The fraction of sp³-hybridized carbons (Fsp3) is 0.310. The van der Waals surface area contributed by atoms with Gasteiger partial charge in [-0.3, -0.25) is 29.1 Å². The summed E-state index contributed by atoms with van der Waals surface area (Å²) in [5.74, 6) is -0.521. The van der Waals surface area contributed by atoms with Gasteiger partial charge in [-0.05, 0) is 54.6 Å². The monoisotopic (exact) mass is 527 g/mol. The lowest BCUT2D eigenvalue weighted by Crippen LogP contribution is -2.51. The van der Waals surface area contributed by atoms with E-state index in [1.807, 2.05) is 24.3 Å². The summed E-state index contributed by atoms with van der Waals surface area (Å²) in [6, 6.07) is 15.4. The molecule has 0 saturated carbocycles. The Balaban J connectivity index is 1.01. The first kappa shape index (κ1) is 24.7. The van der Waals surface area contributed by atoms with Gasteiger partial charge < -0.3 is 5.32 Å². The molecule has 194 valence electrons. The molecule has 2 aliphatic rings. The van der Waals surface area contributed by atoms with E-state index < -0.39 is 0 Å². The van der Waals surface area contributed by atoms with Crippen molar-refractivity contribution in [3.8, 4) is 0 Å². The van der Waals surface area contributed by atoms with Crippen LogP contribution in [0.4, 0.5) is 5.13 Å². The molecule has 0 spiro atoms. The Morgan fingerprint density at radius 2 is 1.53 bits per heavy atom. The van der Waals surface area contributed by atoms with Crippen LogP contribution < -0.4 is 5.32 Å². The molecule has 3 amide bonds. The maximum atomic E-state index is 13.1. The standard InChI is InChI=1S/C29H29N5O3S/c1-18-15-23-24(16-19(18)2)38-29(30-23)31-25(35)17-33-11-9-32(10-12-33)13-14-34-27(36)21-7-3-5-20-6-4-8-22(26(20)21)28(34)37/h3-8,15-16H,9-14,17H2,1-2H3,(H,30,31,35). The number of imide groups is 1. The quantitative estimate of drug-likeness (QED) is 0.383.